The van der Waals surface area contributed by atoms with Crippen molar-refractivity contribution in [1.29, 1.82) is 0 Å². The number of nitrogens with zero attached hydrogens (tertiary/aromatic N) is 6. The molecular formula is C28H33N7O. The van der Waals surface area contributed by atoms with Crippen LogP contribution >= 0.6 is 0 Å². The van der Waals surface area contributed by atoms with E-state index in [1.807, 2.05) is 23.0 Å². The second-order valence-corrected chi connectivity index (χ2v) is 10.3. The highest BCUT2D eigenvalue weighted by atomic mass is 16.5. The van der Waals surface area contributed by atoms with Gasteiger partial charge in [-0.1, -0.05) is 30.3 Å². The molecule has 186 valence electrons. The van der Waals surface area contributed by atoms with E-state index in [4.69, 9.17) is 25.5 Å². The van der Waals surface area contributed by atoms with Gasteiger partial charge in [0.1, 0.15) is 11.6 Å². The first-order valence-corrected chi connectivity index (χ1v) is 12.8. The molecule has 1 fully saturated rings. The molecule has 0 unspecified atom stereocenters. The summed E-state index contributed by atoms with van der Waals surface area (Å²) in [6.07, 6.45) is 5.95. The lowest BCUT2D eigenvalue weighted by atomic mass is 9.91. The normalized spacial score (nSPS) is 17.3. The van der Waals surface area contributed by atoms with Gasteiger partial charge in [-0.2, -0.15) is 5.10 Å². The van der Waals surface area contributed by atoms with Gasteiger partial charge in [-0.15, -0.1) is 0 Å². The van der Waals surface area contributed by atoms with E-state index in [9.17, 15) is 0 Å². The zero-order chi connectivity index (χ0) is 24.7. The van der Waals surface area contributed by atoms with E-state index >= 15 is 0 Å². The van der Waals surface area contributed by atoms with Crippen LogP contribution in [0.2, 0.25) is 0 Å². The Bertz CT molecular complexity index is 1370. The molecule has 0 saturated carbocycles. The number of aromatic nitrogens is 4. The number of hydrogen-bond donors (Lipinski definition) is 1. The van der Waals surface area contributed by atoms with Crippen LogP contribution in [0, 0.1) is 0 Å². The Morgan fingerprint density at radius 3 is 2.58 bits per heavy atom. The summed E-state index contributed by atoms with van der Waals surface area (Å²) < 4.78 is 7.34. The van der Waals surface area contributed by atoms with Crippen molar-refractivity contribution in [1.82, 2.24) is 19.7 Å². The number of aryl methyl sites for hydroxylation is 1. The number of methoxy groups -OCH3 is 1. The Morgan fingerprint density at radius 2 is 1.81 bits per heavy atom. The number of benzene rings is 2. The predicted molar refractivity (Wildman–Crippen MR) is 143 cm³/mol. The maximum Gasteiger partial charge on any atom is 0.183 e. The minimum Gasteiger partial charge on any atom is -0.497 e. The fourth-order valence-corrected chi connectivity index (χ4v) is 5.27. The van der Waals surface area contributed by atoms with Crippen LogP contribution in [0.1, 0.15) is 37.3 Å². The average molecular weight is 484 g/mol. The van der Waals surface area contributed by atoms with E-state index in [1.165, 1.54) is 11.3 Å². The number of hydrogen-bond acceptors (Lipinski definition) is 7. The number of rotatable bonds is 5. The fourth-order valence-electron chi connectivity index (χ4n) is 5.27. The Balaban J connectivity index is 1.42. The van der Waals surface area contributed by atoms with Crippen molar-refractivity contribution < 1.29 is 4.74 Å². The second-order valence-electron chi connectivity index (χ2n) is 10.3. The quantitative estimate of drug-likeness (QED) is 0.453. The molecule has 8 heteroatoms. The smallest absolute Gasteiger partial charge is 0.183 e. The molecule has 36 heavy (non-hydrogen) atoms. The minimum atomic E-state index is -0.112. The molecule has 8 nitrogen and oxygen atoms in total. The molecule has 0 amide bonds. The Kier molecular flexibility index (Phi) is 5.76. The van der Waals surface area contributed by atoms with Crippen molar-refractivity contribution in [3.63, 3.8) is 0 Å². The van der Waals surface area contributed by atoms with E-state index in [0.717, 1.165) is 79.4 Å². The minimum absolute atomic E-state index is 0.112. The number of nitrogens with two attached hydrogens (primary N) is 1. The summed E-state index contributed by atoms with van der Waals surface area (Å²) in [4.78, 5) is 14.7. The molecule has 2 aromatic heterocycles. The molecule has 4 aromatic rings. The molecule has 2 N–H and O–H groups in total. The number of fused-ring (bicyclic) bond motifs is 2. The third-order valence-electron chi connectivity index (χ3n) is 7.50. The lowest BCUT2D eigenvalue weighted by molar-refractivity contribution is 0.363. The molecule has 2 aliphatic heterocycles. The van der Waals surface area contributed by atoms with Gasteiger partial charge in [0.2, 0.25) is 0 Å². The fraction of sp³-hybridized carbons (Fsp3) is 0.393. The van der Waals surface area contributed by atoms with Crippen molar-refractivity contribution in [2.75, 3.05) is 36.5 Å². The second kappa shape index (κ2) is 9.09. The summed E-state index contributed by atoms with van der Waals surface area (Å²) >= 11 is 0. The van der Waals surface area contributed by atoms with Gasteiger partial charge in [0.05, 0.1) is 19.9 Å². The number of piperidine rings is 1. The predicted octanol–water partition coefficient (Wildman–Crippen LogP) is 4.29. The number of ether oxygens (including phenoxy) is 1. The van der Waals surface area contributed by atoms with E-state index in [0.29, 0.717) is 6.54 Å². The van der Waals surface area contributed by atoms with Crippen molar-refractivity contribution in [2.24, 2.45) is 5.73 Å². The van der Waals surface area contributed by atoms with Crippen molar-refractivity contribution >= 4 is 28.5 Å². The first kappa shape index (κ1) is 22.8. The van der Waals surface area contributed by atoms with Crippen LogP contribution in [0.25, 0.3) is 11.2 Å². The lowest BCUT2D eigenvalue weighted by Crippen LogP contribution is -2.48. The maximum atomic E-state index is 6.37. The molecule has 2 aliphatic rings. The number of para-hydroxylation sites is 1. The molecule has 2 aromatic carbocycles. The van der Waals surface area contributed by atoms with Crippen LogP contribution in [0.5, 0.6) is 5.75 Å². The summed E-state index contributed by atoms with van der Waals surface area (Å²) in [6, 6.07) is 16.7. The zero-order valence-corrected chi connectivity index (χ0v) is 21.0. The molecule has 0 bridgehead atoms. The van der Waals surface area contributed by atoms with Gasteiger partial charge in [-0.05, 0) is 61.9 Å². The van der Waals surface area contributed by atoms with E-state index < -0.39 is 0 Å². The lowest BCUT2D eigenvalue weighted by Gasteiger charge is -2.37. The third kappa shape index (κ3) is 4.26. The summed E-state index contributed by atoms with van der Waals surface area (Å²) in [5.74, 6) is 2.60. The standard InChI is InChI=1S/C28H33N7O/c1-28(29)13-16-33(17-14-28)24-18-30-25-26(31-24)35(19-20-9-11-22(36-2)12-10-20)32-27(25)34-15-5-7-21-6-3-4-8-23(21)34/h3-4,6,8-12,18H,5,7,13-17,19,29H2,1-2H3. The van der Waals surface area contributed by atoms with Crippen molar-refractivity contribution in [2.45, 2.75) is 44.7 Å². The summed E-state index contributed by atoms with van der Waals surface area (Å²) in [7, 11) is 1.68. The zero-order valence-electron chi connectivity index (χ0n) is 21.0. The molecule has 0 aliphatic carbocycles. The molecule has 4 heterocycles. The molecule has 0 spiro atoms. The largest absolute Gasteiger partial charge is 0.497 e. The first-order chi connectivity index (χ1) is 17.5. The average Bonchev–Trinajstić information content (AvgIpc) is 3.26. The SMILES string of the molecule is COc1ccc(Cn2nc(N3CCCc4ccccc43)c3ncc(N4CCC(C)(N)CC4)nc32)cc1. The van der Waals surface area contributed by atoms with Crippen molar-refractivity contribution in [3.8, 4) is 5.75 Å². The highest BCUT2D eigenvalue weighted by molar-refractivity contribution is 5.88. The van der Waals surface area contributed by atoms with Crippen LogP contribution < -0.4 is 20.3 Å². The van der Waals surface area contributed by atoms with Crippen LogP contribution in [0.4, 0.5) is 17.3 Å². The third-order valence-corrected chi connectivity index (χ3v) is 7.50. The summed E-state index contributed by atoms with van der Waals surface area (Å²) in [5, 5.41) is 5.11. The van der Waals surface area contributed by atoms with E-state index in [1.54, 1.807) is 7.11 Å². The van der Waals surface area contributed by atoms with Gasteiger partial charge in [0.15, 0.2) is 17.0 Å². The Labute approximate surface area is 211 Å². The highest BCUT2D eigenvalue weighted by Crippen LogP contribution is 2.36. The first-order valence-electron chi connectivity index (χ1n) is 12.8. The van der Waals surface area contributed by atoms with E-state index in [-0.39, 0.29) is 5.54 Å². The summed E-state index contributed by atoms with van der Waals surface area (Å²) in [5.41, 5.74) is 11.6. The molecule has 1 saturated heterocycles. The van der Waals surface area contributed by atoms with E-state index in [2.05, 4.69) is 53.1 Å². The van der Waals surface area contributed by atoms with Gasteiger partial charge in [0, 0.05) is 30.9 Å². The highest BCUT2D eigenvalue weighted by Gasteiger charge is 2.29. The van der Waals surface area contributed by atoms with Gasteiger partial charge in [0.25, 0.3) is 0 Å². The Hall–Kier alpha value is -3.65. The topological polar surface area (TPSA) is 85.3 Å². The maximum absolute atomic E-state index is 6.37. The molecule has 6 rings (SSSR count). The monoisotopic (exact) mass is 483 g/mol. The van der Waals surface area contributed by atoms with Crippen LogP contribution in [0.15, 0.2) is 54.7 Å². The molecule has 0 radical (unpaired) electrons. The van der Waals surface area contributed by atoms with Crippen LogP contribution in [-0.2, 0) is 13.0 Å². The Morgan fingerprint density at radius 1 is 1.03 bits per heavy atom. The van der Waals surface area contributed by atoms with Crippen LogP contribution in [-0.4, -0.2) is 52.0 Å². The van der Waals surface area contributed by atoms with Crippen LogP contribution in [0.3, 0.4) is 0 Å². The van der Waals surface area contributed by atoms with Gasteiger partial charge >= 0.3 is 0 Å². The molecular weight excluding hydrogens is 450 g/mol. The molecule has 0 atom stereocenters. The van der Waals surface area contributed by atoms with Gasteiger partial charge < -0.3 is 20.3 Å². The van der Waals surface area contributed by atoms with Crippen molar-refractivity contribution in [3.05, 3.63) is 65.9 Å². The van der Waals surface area contributed by atoms with Gasteiger partial charge in [-0.3, -0.25) is 0 Å². The van der Waals surface area contributed by atoms with Gasteiger partial charge in [-0.25, -0.2) is 14.6 Å². The summed E-state index contributed by atoms with van der Waals surface area (Å²) in [6.45, 7) is 5.41. The number of anilines is 3.